The summed E-state index contributed by atoms with van der Waals surface area (Å²) in [6, 6.07) is 5.22. The molecular weight excluding hydrogens is 233 g/mol. The van der Waals surface area contributed by atoms with Gasteiger partial charge in [-0.3, -0.25) is 0 Å². The van der Waals surface area contributed by atoms with Crippen LogP contribution in [0.3, 0.4) is 0 Å². The summed E-state index contributed by atoms with van der Waals surface area (Å²) in [6.07, 6.45) is 0. The Morgan fingerprint density at radius 2 is 2.08 bits per heavy atom. The predicted octanol–water partition coefficient (Wildman–Crippen LogP) is 3.24. The highest BCUT2D eigenvalue weighted by Crippen LogP contribution is 2.29. The van der Waals surface area contributed by atoms with Gasteiger partial charge >= 0.3 is 0 Å². The molecule has 0 heterocycles. The summed E-state index contributed by atoms with van der Waals surface area (Å²) in [6.45, 7) is 0. The van der Waals surface area contributed by atoms with E-state index in [1.54, 1.807) is 18.2 Å². The van der Waals surface area contributed by atoms with Gasteiger partial charge in [0.15, 0.2) is 0 Å². The van der Waals surface area contributed by atoms with E-state index >= 15 is 0 Å². The Kier molecular flexibility index (Phi) is 3.53. The van der Waals surface area contributed by atoms with Crippen molar-refractivity contribution in [2.24, 2.45) is 0 Å². The van der Waals surface area contributed by atoms with Crippen LogP contribution in [0.2, 0.25) is 10.0 Å². The van der Waals surface area contributed by atoms with Crippen LogP contribution in [0.5, 0.6) is 0 Å². The molecule has 0 saturated heterocycles. The number of thiocarbonyl (C=S) groups is 1. The van der Waals surface area contributed by atoms with Gasteiger partial charge in [-0.05, 0) is 12.1 Å². The lowest BCUT2D eigenvalue weighted by Gasteiger charge is -2.11. The Balaban J connectivity index is 3.00. The average molecular weight is 237 g/mol. The van der Waals surface area contributed by atoms with E-state index in [0.29, 0.717) is 15.7 Å². The summed E-state index contributed by atoms with van der Waals surface area (Å²) >= 11 is 20.9. The molecule has 0 aromatic heterocycles. The van der Waals surface area contributed by atoms with Gasteiger partial charge in [0.1, 0.15) is 0 Å². The fourth-order valence-electron chi connectivity index (χ4n) is 0.710. The van der Waals surface area contributed by atoms with E-state index in [-0.39, 0.29) is 4.32 Å². The zero-order valence-electron chi connectivity index (χ0n) is 5.80. The molecule has 0 spiro atoms. The van der Waals surface area contributed by atoms with Gasteiger partial charge in [-0.1, -0.05) is 33.6 Å². The summed E-state index contributed by atoms with van der Waals surface area (Å²) in [7, 11) is 0. The second-order valence-electron chi connectivity index (χ2n) is 2.01. The summed E-state index contributed by atoms with van der Waals surface area (Å²) in [4.78, 5) is 0. The zero-order chi connectivity index (χ0) is 9.14. The van der Waals surface area contributed by atoms with Gasteiger partial charge in [0.2, 0.25) is 0 Å². The largest absolute Gasteiger partial charge is 0.411 e. The van der Waals surface area contributed by atoms with Crippen LogP contribution in [0.1, 0.15) is 0 Å². The van der Waals surface area contributed by atoms with Crippen molar-refractivity contribution in [1.29, 1.82) is 0 Å². The van der Waals surface area contributed by atoms with Crippen molar-refractivity contribution < 1.29 is 0 Å². The molecule has 1 nitrogen and oxygen atoms in total. The van der Waals surface area contributed by atoms with Crippen molar-refractivity contribution >= 4 is 58.1 Å². The lowest BCUT2D eigenvalue weighted by Crippen LogP contribution is -2.04. The summed E-state index contributed by atoms with van der Waals surface area (Å²) in [5.74, 6) is 0. The Morgan fingerprint density at radius 3 is 2.67 bits per heavy atom. The van der Waals surface area contributed by atoms with Crippen LogP contribution in [0.4, 0.5) is 5.69 Å². The lowest BCUT2D eigenvalue weighted by atomic mass is 10.3. The first kappa shape index (κ1) is 9.99. The van der Waals surface area contributed by atoms with Gasteiger partial charge in [-0.25, -0.2) is 0 Å². The van der Waals surface area contributed by atoms with E-state index in [4.69, 9.17) is 23.2 Å². The minimum absolute atomic E-state index is 0.249. The maximum absolute atomic E-state index is 5.84. The molecule has 0 aliphatic rings. The molecule has 64 valence electrons. The second-order valence-corrected chi connectivity index (χ2v) is 3.87. The van der Waals surface area contributed by atoms with E-state index in [1.807, 2.05) is 0 Å². The van der Waals surface area contributed by atoms with Gasteiger partial charge in [0.05, 0.1) is 15.7 Å². The van der Waals surface area contributed by atoms with Crippen molar-refractivity contribution in [2.75, 3.05) is 5.32 Å². The molecule has 0 atom stereocenters. The maximum Gasteiger partial charge on any atom is 0.0826 e. The first-order chi connectivity index (χ1) is 5.61. The molecule has 0 fully saturated rings. The molecule has 0 radical (unpaired) electrons. The van der Waals surface area contributed by atoms with Gasteiger partial charge in [-0.15, -0.1) is 0 Å². The second kappa shape index (κ2) is 4.23. The SMILES string of the molecule is S=C([S-])Nc1cccc(Cl)c1Cl. The number of halogens is 2. The molecule has 1 aromatic carbocycles. The van der Waals surface area contributed by atoms with Gasteiger partial charge in [0, 0.05) is 0 Å². The first-order valence-electron chi connectivity index (χ1n) is 3.03. The van der Waals surface area contributed by atoms with Crippen LogP contribution in [0.25, 0.3) is 0 Å². The number of nitrogens with one attached hydrogen (secondary N) is 1. The topological polar surface area (TPSA) is 12.0 Å². The molecule has 0 bridgehead atoms. The summed E-state index contributed by atoms with van der Waals surface area (Å²) < 4.78 is 0.249. The molecule has 0 unspecified atom stereocenters. The van der Waals surface area contributed by atoms with Crippen LogP contribution in [-0.2, 0) is 12.6 Å². The van der Waals surface area contributed by atoms with Gasteiger partial charge in [-0.2, -0.15) is 0 Å². The highest BCUT2D eigenvalue weighted by molar-refractivity contribution is 8.00. The molecule has 1 aromatic rings. The highest BCUT2D eigenvalue weighted by atomic mass is 35.5. The van der Waals surface area contributed by atoms with Crippen molar-refractivity contribution in [3.05, 3.63) is 28.2 Å². The highest BCUT2D eigenvalue weighted by Gasteiger charge is 2.01. The van der Waals surface area contributed by atoms with E-state index in [2.05, 4.69) is 30.2 Å². The normalized spacial score (nSPS) is 9.50. The molecule has 0 aliphatic carbocycles. The van der Waals surface area contributed by atoms with Crippen LogP contribution < -0.4 is 5.32 Å². The van der Waals surface area contributed by atoms with Crippen molar-refractivity contribution in [3.63, 3.8) is 0 Å². The van der Waals surface area contributed by atoms with Crippen molar-refractivity contribution in [1.82, 2.24) is 0 Å². The predicted molar refractivity (Wildman–Crippen MR) is 60.0 cm³/mol. The van der Waals surface area contributed by atoms with Gasteiger partial charge in [0.25, 0.3) is 0 Å². The van der Waals surface area contributed by atoms with Crippen LogP contribution >= 0.6 is 35.4 Å². The third-order valence-corrected chi connectivity index (χ3v) is 2.21. The molecule has 12 heavy (non-hydrogen) atoms. The molecule has 0 aliphatic heterocycles. The Morgan fingerprint density at radius 1 is 1.42 bits per heavy atom. The molecule has 0 saturated carbocycles. The van der Waals surface area contributed by atoms with Crippen LogP contribution in [0.15, 0.2) is 18.2 Å². The maximum atomic E-state index is 5.84. The Hall–Kier alpha value is -0.0900. The fourth-order valence-corrected chi connectivity index (χ4v) is 1.28. The van der Waals surface area contributed by atoms with E-state index in [9.17, 15) is 0 Å². The minimum Gasteiger partial charge on any atom is -0.411 e. The molecule has 0 amide bonds. The number of rotatable bonds is 1. The minimum atomic E-state index is 0.249. The third-order valence-electron chi connectivity index (χ3n) is 1.19. The number of hydrogen-bond donors (Lipinski definition) is 1. The van der Waals surface area contributed by atoms with Crippen molar-refractivity contribution in [2.45, 2.75) is 0 Å². The van der Waals surface area contributed by atoms with E-state index in [0.717, 1.165) is 0 Å². The first-order valence-corrected chi connectivity index (χ1v) is 4.60. The standard InChI is InChI=1S/C7H5Cl2NS2/c8-4-2-1-3-5(6(4)9)10-7(11)12/h1-3H,(H2,10,11,12)/p-1. The van der Waals surface area contributed by atoms with Crippen LogP contribution in [-0.4, -0.2) is 4.32 Å². The monoisotopic (exact) mass is 236 g/mol. The van der Waals surface area contributed by atoms with Gasteiger partial charge < -0.3 is 30.2 Å². The van der Waals surface area contributed by atoms with E-state index in [1.165, 1.54) is 0 Å². The Bertz CT molecular complexity index is 314. The number of hydrogen-bond acceptors (Lipinski definition) is 2. The zero-order valence-corrected chi connectivity index (χ0v) is 8.95. The average Bonchev–Trinajstić information content (AvgIpc) is 1.98. The molecule has 1 rings (SSSR count). The smallest absolute Gasteiger partial charge is 0.0826 e. The number of anilines is 1. The van der Waals surface area contributed by atoms with Crippen molar-refractivity contribution in [3.8, 4) is 0 Å². The fraction of sp³-hybridized carbons (Fsp3) is 0. The third kappa shape index (κ3) is 2.45. The molecule has 1 N–H and O–H groups in total. The van der Waals surface area contributed by atoms with E-state index < -0.39 is 0 Å². The summed E-state index contributed by atoms with van der Waals surface area (Å²) in [5.41, 5.74) is 0.643. The summed E-state index contributed by atoms with van der Waals surface area (Å²) in [5, 5.41) is 3.66. The number of benzene rings is 1. The molecule has 5 heteroatoms. The Labute approximate surface area is 91.5 Å². The quantitative estimate of drug-likeness (QED) is 0.594. The molecular formula is C7H4Cl2NS2-. The lowest BCUT2D eigenvalue weighted by molar-refractivity contribution is 1.66. The van der Waals surface area contributed by atoms with Crippen LogP contribution in [0, 0.1) is 0 Å².